The smallest absolute Gasteiger partial charge is 0.387 e. The molecule has 0 amide bonds. The lowest BCUT2D eigenvalue weighted by atomic mass is 9.99. The molecule has 8 heteroatoms. The Morgan fingerprint density at radius 2 is 2.21 bits per heavy atom. The molecular formula is C16H20F2N4OS. The number of ether oxygens (including phenoxy) is 1. The first-order valence-corrected chi connectivity index (χ1v) is 8.89. The fourth-order valence-electron chi connectivity index (χ4n) is 2.86. The number of alkyl halides is 2. The van der Waals surface area contributed by atoms with Crippen LogP contribution in [0.15, 0.2) is 29.4 Å². The van der Waals surface area contributed by atoms with Crippen LogP contribution in [0.5, 0.6) is 5.75 Å². The number of piperidine rings is 1. The lowest BCUT2D eigenvalue weighted by molar-refractivity contribution is -0.0503. The van der Waals surface area contributed by atoms with Gasteiger partial charge in [0.15, 0.2) is 5.16 Å². The lowest BCUT2D eigenvalue weighted by Gasteiger charge is -2.21. The van der Waals surface area contributed by atoms with Crippen molar-refractivity contribution >= 4 is 11.8 Å². The number of thioether (sulfide) groups is 1. The van der Waals surface area contributed by atoms with Gasteiger partial charge in [-0.2, -0.15) is 8.78 Å². The Labute approximate surface area is 143 Å². The van der Waals surface area contributed by atoms with Crippen molar-refractivity contribution in [2.45, 2.75) is 36.3 Å². The SMILES string of the molecule is Cn1c(SCc2ccccc2OC(F)F)nnc1[C@H]1CCCNC1. The standard InChI is InChI=1S/C16H20F2N4OS/c1-22-14(11-6-4-8-19-9-11)20-21-16(22)24-10-12-5-2-3-7-13(12)23-15(17)18/h2-3,5,7,11,15,19H,4,6,8-10H2,1H3/t11-/m0/s1. The van der Waals surface area contributed by atoms with Crippen LogP contribution in [0.2, 0.25) is 0 Å². The summed E-state index contributed by atoms with van der Waals surface area (Å²) in [5.74, 6) is 2.05. The molecule has 0 aliphatic carbocycles. The van der Waals surface area contributed by atoms with E-state index in [2.05, 4.69) is 20.3 Å². The number of hydrogen-bond donors (Lipinski definition) is 1. The zero-order valence-electron chi connectivity index (χ0n) is 13.4. The molecule has 1 aromatic carbocycles. The van der Waals surface area contributed by atoms with Gasteiger partial charge in [0.1, 0.15) is 11.6 Å². The maximum Gasteiger partial charge on any atom is 0.387 e. The van der Waals surface area contributed by atoms with Crippen molar-refractivity contribution in [2.75, 3.05) is 13.1 Å². The Morgan fingerprint density at radius 1 is 1.38 bits per heavy atom. The van der Waals surface area contributed by atoms with Crippen LogP contribution in [-0.4, -0.2) is 34.5 Å². The van der Waals surface area contributed by atoms with E-state index in [9.17, 15) is 8.78 Å². The maximum atomic E-state index is 12.5. The molecule has 130 valence electrons. The minimum absolute atomic E-state index is 0.207. The van der Waals surface area contributed by atoms with Crippen LogP contribution in [-0.2, 0) is 12.8 Å². The van der Waals surface area contributed by atoms with Gasteiger partial charge in [-0.3, -0.25) is 0 Å². The third-order valence-electron chi connectivity index (χ3n) is 4.08. The highest BCUT2D eigenvalue weighted by atomic mass is 32.2. The van der Waals surface area contributed by atoms with Gasteiger partial charge in [0, 0.05) is 30.8 Å². The third kappa shape index (κ3) is 4.05. The van der Waals surface area contributed by atoms with Crippen LogP contribution in [0.3, 0.4) is 0 Å². The van der Waals surface area contributed by atoms with Crippen molar-refractivity contribution in [3.63, 3.8) is 0 Å². The van der Waals surface area contributed by atoms with E-state index in [0.29, 0.717) is 17.2 Å². The molecular weight excluding hydrogens is 334 g/mol. The summed E-state index contributed by atoms with van der Waals surface area (Å²) in [4.78, 5) is 0. The minimum Gasteiger partial charge on any atom is -0.435 e. The molecule has 0 unspecified atom stereocenters. The van der Waals surface area contributed by atoms with Crippen molar-refractivity contribution in [1.82, 2.24) is 20.1 Å². The van der Waals surface area contributed by atoms with Crippen LogP contribution in [0.4, 0.5) is 8.78 Å². The molecule has 0 spiro atoms. The fourth-order valence-corrected chi connectivity index (χ4v) is 3.76. The van der Waals surface area contributed by atoms with E-state index in [4.69, 9.17) is 0 Å². The summed E-state index contributed by atoms with van der Waals surface area (Å²) >= 11 is 1.47. The molecule has 0 radical (unpaired) electrons. The molecule has 24 heavy (non-hydrogen) atoms. The third-order valence-corrected chi connectivity index (χ3v) is 5.15. The summed E-state index contributed by atoms with van der Waals surface area (Å²) < 4.78 is 31.5. The molecule has 1 atom stereocenters. The summed E-state index contributed by atoms with van der Waals surface area (Å²) in [7, 11) is 1.95. The molecule has 1 saturated heterocycles. The Hall–Kier alpha value is -1.67. The van der Waals surface area contributed by atoms with Crippen LogP contribution in [0, 0.1) is 0 Å². The molecule has 2 heterocycles. The molecule has 3 rings (SSSR count). The monoisotopic (exact) mass is 354 g/mol. The number of rotatable bonds is 6. The number of hydrogen-bond acceptors (Lipinski definition) is 5. The second-order valence-electron chi connectivity index (χ2n) is 5.72. The highest BCUT2D eigenvalue weighted by Crippen LogP contribution is 2.30. The predicted octanol–water partition coefficient (Wildman–Crippen LogP) is 3.18. The van der Waals surface area contributed by atoms with Gasteiger partial charge >= 0.3 is 6.61 Å². The van der Waals surface area contributed by atoms with E-state index in [1.54, 1.807) is 18.2 Å². The first-order chi connectivity index (χ1) is 11.6. The highest BCUT2D eigenvalue weighted by Gasteiger charge is 2.22. The summed E-state index contributed by atoms with van der Waals surface area (Å²) in [6.45, 7) is -0.852. The van der Waals surface area contributed by atoms with Crippen LogP contribution >= 0.6 is 11.8 Å². The normalized spacial score (nSPS) is 18.1. The second-order valence-corrected chi connectivity index (χ2v) is 6.66. The first kappa shape index (κ1) is 17.2. The fraction of sp³-hybridized carbons (Fsp3) is 0.500. The average molecular weight is 354 g/mol. The van der Waals surface area contributed by atoms with Crippen LogP contribution < -0.4 is 10.1 Å². The molecule has 1 aliphatic rings. The lowest BCUT2D eigenvalue weighted by Crippen LogP contribution is -2.29. The zero-order valence-corrected chi connectivity index (χ0v) is 14.2. The number of benzene rings is 1. The number of aromatic nitrogens is 3. The van der Waals surface area contributed by atoms with E-state index in [1.165, 1.54) is 11.8 Å². The van der Waals surface area contributed by atoms with Crippen molar-refractivity contribution in [3.8, 4) is 5.75 Å². The summed E-state index contributed by atoms with van der Waals surface area (Å²) in [6, 6.07) is 6.83. The van der Waals surface area contributed by atoms with E-state index in [0.717, 1.165) is 36.9 Å². The number of para-hydroxylation sites is 1. The molecule has 1 N–H and O–H groups in total. The molecule has 1 fully saturated rings. The maximum absolute atomic E-state index is 12.5. The van der Waals surface area contributed by atoms with Gasteiger partial charge in [0.05, 0.1) is 0 Å². The molecule has 0 bridgehead atoms. The van der Waals surface area contributed by atoms with Gasteiger partial charge in [-0.15, -0.1) is 10.2 Å². The largest absolute Gasteiger partial charge is 0.435 e. The second kappa shape index (κ2) is 7.94. The van der Waals surface area contributed by atoms with Gasteiger partial charge in [-0.25, -0.2) is 0 Å². The summed E-state index contributed by atoms with van der Waals surface area (Å²) in [6.07, 6.45) is 2.24. The van der Waals surface area contributed by atoms with Crippen molar-refractivity contribution in [3.05, 3.63) is 35.7 Å². The number of halogens is 2. The van der Waals surface area contributed by atoms with Crippen molar-refractivity contribution < 1.29 is 13.5 Å². The van der Waals surface area contributed by atoms with E-state index in [1.807, 2.05) is 17.7 Å². The molecule has 5 nitrogen and oxygen atoms in total. The number of nitrogens with one attached hydrogen (secondary N) is 1. The molecule has 2 aromatic rings. The topological polar surface area (TPSA) is 52.0 Å². The van der Waals surface area contributed by atoms with Gasteiger partial charge in [-0.1, -0.05) is 30.0 Å². The predicted molar refractivity (Wildman–Crippen MR) is 88.5 cm³/mol. The Balaban J connectivity index is 1.68. The molecule has 1 aromatic heterocycles. The van der Waals surface area contributed by atoms with Gasteiger partial charge < -0.3 is 14.6 Å². The van der Waals surface area contributed by atoms with Crippen LogP contribution in [0.25, 0.3) is 0 Å². The van der Waals surface area contributed by atoms with Gasteiger partial charge in [0.25, 0.3) is 0 Å². The Bertz CT molecular complexity index is 674. The minimum atomic E-state index is -2.82. The zero-order chi connectivity index (χ0) is 16.9. The first-order valence-electron chi connectivity index (χ1n) is 7.90. The Morgan fingerprint density at radius 3 is 2.96 bits per heavy atom. The van der Waals surface area contributed by atoms with E-state index < -0.39 is 6.61 Å². The Kier molecular flexibility index (Phi) is 5.68. The van der Waals surface area contributed by atoms with Gasteiger partial charge in [-0.05, 0) is 25.5 Å². The quantitative estimate of drug-likeness (QED) is 0.808. The van der Waals surface area contributed by atoms with E-state index >= 15 is 0 Å². The van der Waals surface area contributed by atoms with Gasteiger partial charge in [0.2, 0.25) is 0 Å². The molecule has 1 aliphatic heterocycles. The summed E-state index contributed by atoms with van der Waals surface area (Å²) in [5.41, 5.74) is 0.715. The van der Waals surface area contributed by atoms with Crippen LogP contribution in [0.1, 0.15) is 30.1 Å². The number of nitrogens with zero attached hydrogens (tertiary/aromatic N) is 3. The van der Waals surface area contributed by atoms with Crippen molar-refractivity contribution in [1.29, 1.82) is 0 Å². The highest BCUT2D eigenvalue weighted by molar-refractivity contribution is 7.98. The summed E-state index contributed by atoms with van der Waals surface area (Å²) in [5, 5.41) is 12.7. The average Bonchev–Trinajstić information content (AvgIpc) is 2.95. The van der Waals surface area contributed by atoms with Crippen molar-refractivity contribution in [2.24, 2.45) is 7.05 Å². The van der Waals surface area contributed by atoms with E-state index in [-0.39, 0.29) is 5.75 Å². The molecule has 0 saturated carbocycles.